The van der Waals surface area contributed by atoms with Gasteiger partial charge in [0.15, 0.2) is 0 Å². The van der Waals surface area contributed by atoms with Crippen molar-refractivity contribution in [1.82, 2.24) is 10.3 Å². The zero-order valence-electron chi connectivity index (χ0n) is 16.8. The zero-order chi connectivity index (χ0) is 20.9. The molecule has 0 spiro atoms. The Balaban J connectivity index is 1.44. The van der Waals surface area contributed by atoms with Crippen molar-refractivity contribution in [3.63, 3.8) is 0 Å². The van der Waals surface area contributed by atoms with Crippen LogP contribution in [-0.4, -0.2) is 41.5 Å². The predicted molar refractivity (Wildman–Crippen MR) is 120 cm³/mol. The summed E-state index contributed by atoms with van der Waals surface area (Å²) in [5, 5.41) is 2.77. The van der Waals surface area contributed by atoms with E-state index in [-0.39, 0.29) is 18.3 Å². The van der Waals surface area contributed by atoms with Gasteiger partial charge in [0.1, 0.15) is 6.61 Å². The Morgan fingerprint density at radius 2 is 1.70 bits per heavy atom. The van der Waals surface area contributed by atoms with E-state index in [0.717, 1.165) is 16.9 Å². The SMILES string of the molecule is CSCC[C@H](NC(=O)OCC1c2ccccc2-c2ccccc21)C(=O)c1ccc[nH]1. The largest absolute Gasteiger partial charge is 0.449 e. The number of rotatable bonds is 8. The van der Waals surface area contributed by atoms with E-state index >= 15 is 0 Å². The Morgan fingerprint density at radius 3 is 2.30 bits per heavy atom. The smallest absolute Gasteiger partial charge is 0.407 e. The van der Waals surface area contributed by atoms with Gasteiger partial charge < -0.3 is 15.0 Å². The number of carbonyl (C=O) groups excluding carboxylic acids is 2. The van der Waals surface area contributed by atoms with E-state index in [1.165, 1.54) is 11.1 Å². The molecule has 1 aromatic heterocycles. The summed E-state index contributed by atoms with van der Waals surface area (Å²) in [5.74, 6) is 0.621. The first-order valence-corrected chi connectivity index (χ1v) is 11.4. The summed E-state index contributed by atoms with van der Waals surface area (Å²) < 4.78 is 5.60. The van der Waals surface area contributed by atoms with Crippen LogP contribution in [0.25, 0.3) is 11.1 Å². The first-order valence-electron chi connectivity index (χ1n) is 9.97. The molecule has 30 heavy (non-hydrogen) atoms. The van der Waals surface area contributed by atoms with Crippen LogP contribution in [0.15, 0.2) is 66.9 Å². The van der Waals surface area contributed by atoms with E-state index in [9.17, 15) is 9.59 Å². The maximum Gasteiger partial charge on any atom is 0.407 e. The van der Waals surface area contributed by atoms with Gasteiger partial charge in [0.25, 0.3) is 0 Å². The molecule has 6 heteroatoms. The molecule has 1 atom stereocenters. The van der Waals surface area contributed by atoms with E-state index in [1.807, 2.05) is 30.5 Å². The number of ether oxygens (including phenoxy) is 1. The molecule has 4 rings (SSSR count). The molecular weight excluding hydrogens is 396 g/mol. The van der Waals surface area contributed by atoms with E-state index in [1.54, 1.807) is 30.1 Å². The Hall–Kier alpha value is -2.99. The minimum atomic E-state index is -0.619. The number of alkyl carbamates (subject to hydrolysis) is 1. The third kappa shape index (κ3) is 4.14. The number of benzene rings is 2. The van der Waals surface area contributed by atoms with Crippen molar-refractivity contribution in [2.75, 3.05) is 18.6 Å². The first kappa shape index (κ1) is 20.3. The third-order valence-corrected chi connectivity index (χ3v) is 6.07. The average Bonchev–Trinajstić information content (AvgIpc) is 3.41. The fourth-order valence-corrected chi connectivity index (χ4v) is 4.43. The minimum absolute atomic E-state index is 0.00749. The van der Waals surface area contributed by atoms with Crippen molar-refractivity contribution >= 4 is 23.6 Å². The Kier molecular flexibility index (Phi) is 6.23. The molecule has 5 nitrogen and oxygen atoms in total. The van der Waals surface area contributed by atoms with Gasteiger partial charge in [0.05, 0.1) is 11.7 Å². The molecule has 0 saturated heterocycles. The van der Waals surface area contributed by atoms with Crippen LogP contribution in [0.4, 0.5) is 4.79 Å². The maximum atomic E-state index is 12.7. The molecule has 0 fully saturated rings. The molecule has 3 aromatic rings. The average molecular weight is 421 g/mol. The normalized spacial score (nSPS) is 13.4. The maximum absolute atomic E-state index is 12.7. The molecule has 0 saturated carbocycles. The Labute approximate surface area is 180 Å². The minimum Gasteiger partial charge on any atom is -0.449 e. The molecule has 0 unspecified atom stereocenters. The van der Waals surface area contributed by atoms with Gasteiger partial charge in [-0.25, -0.2) is 4.79 Å². The van der Waals surface area contributed by atoms with Gasteiger partial charge in [-0.15, -0.1) is 0 Å². The van der Waals surface area contributed by atoms with Gasteiger partial charge >= 0.3 is 6.09 Å². The van der Waals surface area contributed by atoms with Crippen LogP contribution in [0.5, 0.6) is 0 Å². The second kappa shape index (κ2) is 9.22. The van der Waals surface area contributed by atoms with Crippen molar-refractivity contribution in [3.8, 4) is 11.1 Å². The Morgan fingerprint density at radius 1 is 1.03 bits per heavy atom. The van der Waals surface area contributed by atoms with Gasteiger partial charge in [-0.3, -0.25) is 4.79 Å². The number of amides is 1. The zero-order valence-corrected chi connectivity index (χ0v) is 17.6. The number of fused-ring (bicyclic) bond motifs is 3. The van der Waals surface area contributed by atoms with Crippen molar-refractivity contribution in [3.05, 3.63) is 83.7 Å². The lowest BCUT2D eigenvalue weighted by atomic mass is 9.98. The number of H-pyrrole nitrogens is 1. The van der Waals surface area contributed by atoms with Gasteiger partial charge in [0.2, 0.25) is 5.78 Å². The molecule has 0 bridgehead atoms. The van der Waals surface area contributed by atoms with E-state index < -0.39 is 12.1 Å². The number of hydrogen-bond donors (Lipinski definition) is 2. The van der Waals surface area contributed by atoms with Gasteiger partial charge in [0, 0.05) is 12.1 Å². The topological polar surface area (TPSA) is 71.2 Å². The van der Waals surface area contributed by atoms with Crippen LogP contribution in [-0.2, 0) is 4.74 Å². The van der Waals surface area contributed by atoms with Crippen LogP contribution >= 0.6 is 11.8 Å². The number of hydrogen-bond acceptors (Lipinski definition) is 4. The summed E-state index contributed by atoms with van der Waals surface area (Å²) in [7, 11) is 0. The lowest BCUT2D eigenvalue weighted by molar-refractivity contribution is 0.0913. The van der Waals surface area contributed by atoms with E-state index in [4.69, 9.17) is 4.74 Å². The molecule has 1 aliphatic rings. The molecular formula is C24H24N2O3S. The molecule has 0 radical (unpaired) electrons. The van der Waals surface area contributed by atoms with Crippen LogP contribution in [0.1, 0.15) is 34.0 Å². The second-order valence-corrected chi connectivity index (χ2v) is 8.24. The molecule has 2 N–H and O–H groups in total. The highest BCUT2D eigenvalue weighted by molar-refractivity contribution is 7.98. The number of thioether (sulfide) groups is 1. The lowest BCUT2D eigenvalue weighted by Gasteiger charge is -2.18. The number of nitrogens with one attached hydrogen (secondary N) is 2. The van der Waals surface area contributed by atoms with Crippen LogP contribution in [0, 0.1) is 0 Å². The van der Waals surface area contributed by atoms with E-state index in [2.05, 4.69) is 34.6 Å². The number of aromatic nitrogens is 1. The third-order valence-electron chi connectivity index (χ3n) is 5.43. The summed E-state index contributed by atoms with van der Waals surface area (Å²) in [4.78, 5) is 28.2. The van der Waals surface area contributed by atoms with Crippen molar-refractivity contribution < 1.29 is 14.3 Å². The van der Waals surface area contributed by atoms with Gasteiger partial charge in [-0.1, -0.05) is 48.5 Å². The van der Waals surface area contributed by atoms with Crippen molar-refractivity contribution in [1.29, 1.82) is 0 Å². The molecule has 154 valence electrons. The molecule has 1 amide bonds. The first-order chi connectivity index (χ1) is 14.7. The second-order valence-electron chi connectivity index (χ2n) is 7.25. The van der Waals surface area contributed by atoms with Gasteiger partial charge in [-0.05, 0) is 52.8 Å². The summed E-state index contributed by atoms with van der Waals surface area (Å²) >= 11 is 1.64. The summed E-state index contributed by atoms with van der Waals surface area (Å²) in [6.07, 6.45) is 3.65. The number of ketones is 1. The fourth-order valence-electron chi connectivity index (χ4n) is 3.96. The highest BCUT2D eigenvalue weighted by Gasteiger charge is 2.30. The predicted octanol–water partition coefficient (Wildman–Crippen LogP) is 4.86. The van der Waals surface area contributed by atoms with Crippen LogP contribution in [0.3, 0.4) is 0 Å². The monoisotopic (exact) mass is 420 g/mol. The van der Waals surface area contributed by atoms with Crippen molar-refractivity contribution in [2.24, 2.45) is 0 Å². The quantitative estimate of drug-likeness (QED) is 0.511. The van der Waals surface area contributed by atoms with Crippen LogP contribution < -0.4 is 5.32 Å². The summed E-state index contributed by atoms with van der Waals surface area (Å²) in [6, 6.07) is 19.3. The number of Topliss-reactive ketones (excluding diaryl/α,β-unsaturated/α-hetero) is 1. The number of carbonyl (C=O) groups is 2. The standard InChI is InChI=1S/C24H24N2O3S/c1-30-14-12-22(23(27)21-11-6-13-25-21)26-24(28)29-15-20-18-9-4-2-7-16(18)17-8-3-5-10-19(17)20/h2-11,13,20,22,25H,12,14-15H2,1H3,(H,26,28)/t22-/m0/s1. The highest BCUT2D eigenvalue weighted by Crippen LogP contribution is 2.44. The molecule has 1 heterocycles. The van der Waals surface area contributed by atoms with E-state index in [0.29, 0.717) is 12.1 Å². The summed E-state index contributed by atoms with van der Waals surface area (Å²) in [5.41, 5.74) is 5.17. The number of aromatic amines is 1. The molecule has 1 aliphatic carbocycles. The van der Waals surface area contributed by atoms with Crippen molar-refractivity contribution in [2.45, 2.75) is 18.4 Å². The van der Waals surface area contributed by atoms with Crippen LogP contribution in [0.2, 0.25) is 0 Å². The summed E-state index contributed by atoms with van der Waals surface area (Å²) in [6.45, 7) is 0.228. The lowest BCUT2D eigenvalue weighted by Crippen LogP contribution is -2.42. The van der Waals surface area contributed by atoms with Gasteiger partial charge in [-0.2, -0.15) is 11.8 Å². The fraction of sp³-hybridized carbons (Fsp3) is 0.250. The molecule has 0 aliphatic heterocycles. The Bertz CT molecular complexity index is 987. The molecule has 2 aromatic carbocycles. The highest BCUT2D eigenvalue weighted by atomic mass is 32.2.